The van der Waals surface area contributed by atoms with Gasteiger partial charge in [-0.3, -0.25) is 4.79 Å². The Morgan fingerprint density at radius 3 is 2.33 bits per heavy atom. The molecule has 8 heteroatoms. The molecule has 7 nitrogen and oxygen atoms in total. The molecule has 0 N–H and O–H groups in total. The van der Waals surface area contributed by atoms with Crippen LogP contribution in [0.3, 0.4) is 0 Å². The molecular weight excluding hydrogens is 440 g/mol. The van der Waals surface area contributed by atoms with E-state index in [4.69, 9.17) is 9.47 Å². The van der Waals surface area contributed by atoms with Crippen molar-refractivity contribution in [2.24, 2.45) is 5.92 Å². The van der Waals surface area contributed by atoms with Gasteiger partial charge in [0.15, 0.2) is 11.5 Å². The number of aryl methyl sites for hydroxylation is 1. The average Bonchev–Trinajstić information content (AvgIpc) is 3.33. The molecule has 33 heavy (non-hydrogen) atoms. The van der Waals surface area contributed by atoms with Gasteiger partial charge in [-0.05, 0) is 50.3 Å². The van der Waals surface area contributed by atoms with Crippen molar-refractivity contribution in [3.63, 3.8) is 0 Å². The third kappa shape index (κ3) is 4.73. The van der Waals surface area contributed by atoms with E-state index in [0.29, 0.717) is 37.4 Å². The number of nitrogens with zero attached hydrogens (tertiary/aromatic N) is 2. The van der Waals surface area contributed by atoms with Crippen molar-refractivity contribution < 1.29 is 22.7 Å². The van der Waals surface area contributed by atoms with Crippen LogP contribution in [0.1, 0.15) is 42.9 Å². The molecule has 0 bridgehead atoms. The molecule has 2 fully saturated rings. The van der Waals surface area contributed by atoms with Crippen LogP contribution in [0, 0.1) is 12.8 Å². The van der Waals surface area contributed by atoms with E-state index in [9.17, 15) is 13.2 Å². The first-order valence-corrected chi connectivity index (χ1v) is 12.9. The Balaban J connectivity index is 1.43. The maximum absolute atomic E-state index is 13.4. The van der Waals surface area contributed by atoms with E-state index < -0.39 is 10.0 Å². The number of benzene rings is 2. The van der Waals surface area contributed by atoms with Crippen molar-refractivity contribution in [3.05, 3.63) is 53.6 Å². The third-order valence-electron chi connectivity index (χ3n) is 6.76. The predicted molar refractivity (Wildman–Crippen MR) is 126 cm³/mol. The zero-order valence-corrected chi connectivity index (χ0v) is 20.3. The number of carbonyl (C=O) groups is 1. The second-order valence-electron chi connectivity index (χ2n) is 8.80. The van der Waals surface area contributed by atoms with Gasteiger partial charge >= 0.3 is 0 Å². The molecule has 0 radical (unpaired) electrons. The van der Waals surface area contributed by atoms with Crippen molar-refractivity contribution in [3.8, 4) is 11.5 Å². The fraction of sp³-hybridized carbons (Fsp3) is 0.480. The Labute approximate surface area is 196 Å². The van der Waals surface area contributed by atoms with Crippen molar-refractivity contribution in [1.29, 1.82) is 0 Å². The summed E-state index contributed by atoms with van der Waals surface area (Å²) in [5.41, 5.74) is 2.38. The number of ether oxygens (including phenoxy) is 2. The Morgan fingerprint density at radius 1 is 0.939 bits per heavy atom. The summed E-state index contributed by atoms with van der Waals surface area (Å²) >= 11 is 0. The highest BCUT2D eigenvalue weighted by Crippen LogP contribution is 2.36. The van der Waals surface area contributed by atoms with Crippen molar-refractivity contribution in [1.82, 2.24) is 9.21 Å². The van der Waals surface area contributed by atoms with Gasteiger partial charge < -0.3 is 14.4 Å². The number of amides is 1. The van der Waals surface area contributed by atoms with Crippen LogP contribution in [-0.2, 0) is 14.8 Å². The monoisotopic (exact) mass is 472 g/mol. The molecule has 2 aliphatic heterocycles. The first-order chi connectivity index (χ1) is 15.8. The van der Waals surface area contributed by atoms with Crippen LogP contribution in [0.2, 0.25) is 0 Å². The summed E-state index contributed by atoms with van der Waals surface area (Å²) in [7, 11) is -0.682. The van der Waals surface area contributed by atoms with E-state index >= 15 is 0 Å². The minimum absolute atomic E-state index is 0.117. The van der Waals surface area contributed by atoms with E-state index in [2.05, 4.69) is 25.1 Å². The van der Waals surface area contributed by atoms with Crippen LogP contribution in [0.4, 0.5) is 0 Å². The Morgan fingerprint density at radius 2 is 1.67 bits per heavy atom. The molecule has 0 aromatic heterocycles. The highest BCUT2D eigenvalue weighted by Gasteiger charge is 2.37. The molecule has 2 heterocycles. The second-order valence-corrected chi connectivity index (χ2v) is 10.7. The number of methoxy groups -OCH3 is 2. The molecule has 178 valence electrons. The lowest BCUT2D eigenvalue weighted by Crippen LogP contribution is -2.44. The molecule has 2 aromatic carbocycles. The van der Waals surface area contributed by atoms with Gasteiger partial charge in [-0.15, -0.1) is 0 Å². The molecule has 1 atom stereocenters. The first-order valence-electron chi connectivity index (χ1n) is 11.4. The smallest absolute Gasteiger partial charge is 0.243 e. The van der Waals surface area contributed by atoms with Crippen LogP contribution in [0.25, 0.3) is 0 Å². The van der Waals surface area contributed by atoms with Crippen LogP contribution >= 0.6 is 0 Å². The van der Waals surface area contributed by atoms with Crippen molar-refractivity contribution in [2.45, 2.75) is 43.5 Å². The van der Waals surface area contributed by atoms with Gasteiger partial charge in [0, 0.05) is 31.6 Å². The molecular formula is C25H32N2O5S. The largest absolute Gasteiger partial charge is 0.493 e. The summed E-state index contributed by atoms with van der Waals surface area (Å²) < 4.78 is 38.3. The number of sulfonamides is 1. The lowest BCUT2D eigenvalue weighted by atomic mass is 9.95. The summed E-state index contributed by atoms with van der Waals surface area (Å²) in [6.45, 7) is 3.49. The average molecular weight is 473 g/mol. The van der Waals surface area contributed by atoms with Gasteiger partial charge in [-0.2, -0.15) is 4.31 Å². The molecule has 2 aliphatic rings. The lowest BCUT2D eigenvalue weighted by molar-refractivity contribution is -0.137. The van der Waals surface area contributed by atoms with E-state index in [1.54, 1.807) is 6.07 Å². The fourth-order valence-corrected chi connectivity index (χ4v) is 6.44. The highest BCUT2D eigenvalue weighted by molar-refractivity contribution is 7.89. The van der Waals surface area contributed by atoms with Gasteiger partial charge in [-0.1, -0.05) is 29.8 Å². The fourth-order valence-electron chi connectivity index (χ4n) is 4.96. The molecule has 0 spiro atoms. The topological polar surface area (TPSA) is 76.2 Å². The van der Waals surface area contributed by atoms with Crippen LogP contribution in [0.15, 0.2) is 47.4 Å². The number of hydrogen-bond donors (Lipinski definition) is 0. The second kappa shape index (κ2) is 9.73. The Hall–Kier alpha value is -2.58. The normalized spacial score (nSPS) is 20.1. The van der Waals surface area contributed by atoms with Crippen LogP contribution in [-0.4, -0.2) is 57.4 Å². The number of piperidine rings is 1. The molecule has 1 unspecified atom stereocenters. The summed E-state index contributed by atoms with van der Waals surface area (Å²) in [6.07, 6.45) is 3.03. The molecule has 0 saturated carbocycles. The molecule has 2 saturated heterocycles. The zero-order chi connectivity index (χ0) is 23.6. The molecule has 0 aliphatic carbocycles. The van der Waals surface area contributed by atoms with Crippen molar-refractivity contribution in [2.75, 3.05) is 33.9 Å². The number of carbonyl (C=O) groups excluding carboxylic acids is 1. The van der Waals surface area contributed by atoms with Gasteiger partial charge in [-0.25, -0.2) is 8.42 Å². The molecule has 2 aromatic rings. The minimum atomic E-state index is -3.67. The summed E-state index contributed by atoms with van der Waals surface area (Å²) in [6, 6.07) is 13.1. The number of likely N-dealkylation sites (tertiary alicyclic amines) is 1. The van der Waals surface area contributed by atoms with E-state index in [0.717, 1.165) is 19.4 Å². The number of hydrogen-bond acceptors (Lipinski definition) is 5. The zero-order valence-electron chi connectivity index (χ0n) is 19.5. The SMILES string of the molecule is COc1ccc(S(=O)(=O)N2CCC(C(=O)N3CCCC3c3cccc(C)c3)CC2)cc1OC. The van der Waals surface area contributed by atoms with Gasteiger partial charge in [0.1, 0.15) is 0 Å². The van der Waals surface area contributed by atoms with Gasteiger partial charge in [0.2, 0.25) is 15.9 Å². The van der Waals surface area contributed by atoms with Gasteiger partial charge in [0.05, 0.1) is 25.2 Å². The minimum Gasteiger partial charge on any atom is -0.493 e. The maximum Gasteiger partial charge on any atom is 0.243 e. The summed E-state index contributed by atoms with van der Waals surface area (Å²) in [5, 5.41) is 0. The summed E-state index contributed by atoms with van der Waals surface area (Å²) in [4.78, 5) is 15.6. The van der Waals surface area contributed by atoms with E-state index in [-0.39, 0.29) is 22.8 Å². The van der Waals surface area contributed by atoms with E-state index in [1.165, 1.54) is 41.8 Å². The van der Waals surface area contributed by atoms with Gasteiger partial charge in [0.25, 0.3) is 0 Å². The Bertz CT molecular complexity index is 1110. The standard InChI is InChI=1S/C25H32N2O5S/c1-18-6-4-7-20(16-18)22-8-5-13-27(22)25(28)19-11-14-26(15-12-19)33(29,30)21-9-10-23(31-2)24(17-21)32-3/h4,6-7,9-10,16-17,19,22H,5,8,11-15H2,1-3H3. The van der Waals surface area contributed by atoms with E-state index in [1.807, 2.05) is 11.0 Å². The van der Waals surface area contributed by atoms with Crippen molar-refractivity contribution >= 4 is 15.9 Å². The van der Waals surface area contributed by atoms with Crippen LogP contribution in [0.5, 0.6) is 11.5 Å². The third-order valence-corrected chi connectivity index (χ3v) is 8.65. The van der Waals surface area contributed by atoms with Crippen LogP contribution < -0.4 is 9.47 Å². The highest BCUT2D eigenvalue weighted by atomic mass is 32.2. The first kappa shape index (κ1) is 23.6. The predicted octanol–water partition coefficient (Wildman–Crippen LogP) is 3.78. The maximum atomic E-state index is 13.4. The Kier molecular flexibility index (Phi) is 6.95. The molecule has 1 amide bonds. The lowest BCUT2D eigenvalue weighted by Gasteiger charge is -2.34. The quantitative estimate of drug-likeness (QED) is 0.640. The molecule has 4 rings (SSSR count). The summed E-state index contributed by atoms with van der Waals surface area (Å²) in [5.74, 6) is 0.865. The number of rotatable bonds is 6.